The monoisotopic (exact) mass is 253 g/mol. The molecule has 1 N–H and O–H groups in total. The van der Waals surface area contributed by atoms with E-state index in [9.17, 15) is 0 Å². The van der Waals surface area contributed by atoms with E-state index in [1.165, 1.54) is 51.7 Å². The van der Waals surface area contributed by atoms with Crippen molar-refractivity contribution in [2.45, 2.75) is 64.1 Å². The fourth-order valence-electron chi connectivity index (χ4n) is 3.76. The van der Waals surface area contributed by atoms with Crippen LogP contribution >= 0.6 is 0 Å². The van der Waals surface area contributed by atoms with Gasteiger partial charge in [0.15, 0.2) is 0 Å². The number of hydrogen-bond donors (Lipinski definition) is 1. The Bertz CT molecular complexity index is 242. The Hall–Kier alpha value is -0.120. The Morgan fingerprint density at radius 1 is 1.11 bits per heavy atom. The molecule has 2 fully saturated rings. The van der Waals surface area contributed by atoms with Crippen LogP contribution in [-0.4, -0.2) is 61.2 Å². The van der Waals surface area contributed by atoms with Gasteiger partial charge in [-0.25, -0.2) is 0 Å². The highest BCUT2D eigenvalue weighted by Crippen LogP contribution is 2.25. The van der Waals surface area contributed by atoms with E-state index in [-0.39, 0.29) is 0 Å². The van der Waals surface area contributed by atoms with Crippen LogP contribution in [0.15, 0.2) is 0 Å². The quantitative estimate of drug-likeness (QED) is 0.826. The van der Waals surface area contributed by atoms with Crippen LogP contribution in [0.1, 0.15) is 46.0 Å². The molecule has 0 aromatic heterocycles. The van der Waals surface area contributed by atoms with Crippen molar-refractivity contribution >= 4 is 0 Å². The molecule has 1 saturated carbocycles. The highest BCUT2D eigenvalue weighted by molar-refractivity contribution is 4.92. The van der Waals surface area contributed by atoms with Gasteiger partial charge in [0.2, 0.25) is 0 Å². The molecular formula is C15H31N3. The van der Waals surface area contributed by atoms with Gasteiger partial charge in [0.1, 0.15) is 0 Å². The van der Waals surface area contributed by atoms with Gasteiger partial charge in [-0.3, -0.25) is 4.90 Å². The molecule has 3 heteroatoms. The summed E-state index contributed by atoms with van der Waals surface area (Å²) in [6.07, 6.45) is 6.90. The van der Waals surface area contributed by atoms with Gasteiger partial charge < -0.3 is 10.2 Å². The third-order valence-electron chi connectivity index (χ3n) is 4.94. The molecule has 1 saturated heterocycles. The van der Waals surface area contributed by atoms with Gasteiger partial charge in [-0.15, -0.1) is 0 Å². The summed E-state index contributed by atoms with van der Waals surface area (Å²) in [6.45, 7) is 9.47. The van der Waals surface area contributed by atoms with Crippen LogP contribution in [-0.2, 0) is 0 Å². The van der Waals surface area contributed by atoms with E-state index < -0.39 is 0 Å². The number of rotatable bonds is 4. The lowest BCUT2D eigenvalue weighted by molar-refractivity contribution is 0.0359. The van der Waals surface area contributed by atoms with Gasteiger partial charge in [0, 0.05) is 37.8 Å². The average molecular weight is 253 g/mol. The zero-order valence-corrected chi connectivity index (χ0v) is 12.5. The Kier molecular flexibility index (Phi) is 5.46. The molecule has 1 aliphatic heterocycles. The zero-order valence-electron chi connectivity index (χ0n) is 12.5. The van der Waals surface area contributed by atoms with E-state index in [0.29, 0.717) is 0 Å². The molecule has 0 amide bonds. The lowest BCUT2D eigenvalue weighted by Crippen LogP contribution is -2.59. The SMILES string of the molecule is CCNC1CCCCC1N1CCN(C)C(CC)C1. The Balaban J connectivity index is 1.95. The molecule has 0 radical (unpaired) electrons. The molecule has 0 aromatic carbocycles. The van der Waals surface area contributed by atoms with Gasteiger partial charge in [0.05, 0.1) is 0 Å². The standard InChI is InChI=1S/C15H31N3/c1-4-13-12-18(11-10-17(13)3)15-9-7-6-8-14(15)16-5-2/h13-16H,4-12H2,1-3H3. The van der Waals surface area contributed by atoms with Crippen molar-refractivity contribution in [3.05, 3.63) is 0 Å². The van der Waals surface area contributed by atoms with Crippen molar-refractivity contribution in [2.24, 2.45) is 0 Å². The maximum Gasteiger partial charge on any atom is 0.0250 e. The fourth-order valence-corrected chi connectivity index (χ4v) is 3.76. The van der Waals surface area contributed by atoms with Crippen molar-refractivity contribution in [3.63, 3.8) is 0 Å². The smallest absolute Gasteiger partial charge is 0.0250 e. The van der Waals surface area contributed by atoms with Gasteiger partial charge in [-0.2, -0.15) is 0 Å². The number of likely N-dealkylation sites (N-methyl/N-ethyl adjacent to an activating group) is 2. The van der Waals surface area contributed by atoms with Crippen molar-refractivity contribution in [3.8, 4) is 0 Å². The summed E-state index contributed by atoms with van der Waals surface area (Å²) in [5.41, 5.74) is 0. The summed E-state index contributed by atoms with van der Waals surface area (Å²) in [6, 6.07) is 2.30. The second kappa shape index (κ2) is 6.88. The molecule has 1 aliphatic carbocycles. The predicted octanol–water partition coefficient (Wildman–Crippen LogP) is 1.93. The van der Waals surface area contributed by atoms with E-state index in [4.69, 9.17) is 0 Å². The maximum atomic E-state index is 3.72. The van der Waals surface area contributed by atoms with Crippen LogP contribution in [0.25, 0.3) is 0 Å². The molecule has 0 bridgehead atoms. The number of nitrogens with zero attached hydrogens (tertiary/aromatic N) is 2. The second-order valence-corrected chi connectivity index (χ2v) is 6.05. The summed E-state index contributed by atoms with van der Waals surface area (Å²) >= 11 is 0. The first-order valence-corrected chi connectivity index (χ1v) is 7.94. The molecule has 106 valence electrons. The molecule has 3 nitrogen and oxygen atoms in total. The van der Waals surface area contributed by atoms with Gasteiger partial charge >= 0.3 is 0 Å². The van der Waals surface area contributed by atoms with Crippen LogP contribution in [0, 0.1) is 0 Å². The summed E-state index contributed by atoms with van der Waals surface area (Å²) < 4.78 is 0. The number of piperazine rings is 1. The van der Waals surface area contributed by atoms with Gasteiger partial charge in [-0.1, -0.05) is 26.7 Å². The number of nitrogens with one attached hydrogen (secondary N) is 1. The molecular weight excluding hydrogens is 222 g/mol. The van der Waals surface area contributed by atoms with Crippen molar-refractivity contribution < 1.29 is 0 Å². The Morgan fingerprint density at radius 3 is 2.61 bits per heavy atom. The van der Waals surface area contributed by atoms with Crippen molar-refractivity contribution in [2.75, 3.05) is 33.2 Å². The van der Waals surface area contributed by atoms with Crippen LogP contribution in [0.2, 0.25) is 0 Å². The van der Waals surface area contributed by atoms with E-state index in [0.717, 1.165) is 24.7 Å². The third kappa shape index (κ3) is 3.25. The highest BCUT2D eigenvalue weighted by Gasteiger charge is 2.33. The van der Waals surface area contributed by atoms with Crippen molar-refractivity contribution in [1.82, 2.24) is 15.1 Å². The molecule has 2 aliphatic rings. The number of hydrogen-bond acceptors (Lipinski definition) is 3. The minimum absolute atomic E-state index is 0.740. The van der Waals surface area contributed by atoms with Crippen LogP contribution in [0.4, 0.5) is 0 Å². The maximum absolute atomic E-state index is 3.72. The Morgan fingerprint density at radius 2 is 1.89 bits per heavy atom. The lowest BCUT2D eigenvalue weighted by Gasteiger charge is -2.46. The van der Waals surface area contributed by atoms with Crippen molar-refractivity contribution in [1.29, 1.82) is 0 Å². The van der Waals surface area contributed by atoms with Crippen LogP contribution < -0.4 is 5.32 Å². The van der Waals surface area contributed by atoms with E-state index >= 15 is 0 Å². The summed E-state index contributed by atoms with van der Waals surface area (Å²) in [5, 5.41) is 3.72. The predicted molar refractivity (Wildman–Crippen MR) is 78.0 cm³/mol. The topological polar surface area (TPSA) is 18.5 Å². The van der Waals surface area contributed by atoms with Crippen LogP contribution in [0.5, 0.6) is 0 Å². The third-order valence-corrected chi connectivity index (χ3v) is 4.94. The first-order chi connectivity index (χ1) is 8.76. The molecule has 0 spiro atoms. The summed E-state index contributed by atoms with van der Waals surface area (Å²) in [7, 11) is 2.29. The van der Waals surface area contributed by atoms with E-state index in [1.54, 1.807) is 0 Å². The summed E-state index contributed by atoms with van der Waals surface area (Å²) in [4.78, 5) is 5.32. The molecule has 3 unspecified atom stereocenters. The first kappa shape index (κ1) is 14.3. The normalized spacial score (nSPS) is 35.8. The average Bonchev–Trinajstić information content (AvgIpc) is 2.40. The van der Waals surface area contributed by atoms with Gasteiger partial charge in [0.25, 0.3) is 0 Å². The second-order valence-electron chi connectivity index (χ2n) is 6.05. The van der Waals surface area contributed by atoms with Crippen LogP contribution in [0.3, 0.4) is 0 Å². The molecule has 0 aromatic rings. The lowest BCUT2D eigenvalue weighted by atomic mass is 9.88. The first-order valence-electron chi connectivity index (χ1n) is 7.94. The minimum Gasteiger partial charge on any atom is -0.313 e. The van der Waals surface area contributed by atoms with E-state index in [1.807, 2.05) is 0 Å². The van der Waals surface area contributed by atoms with E-state index in [2.05, 4.69) is 36.0 Å². The largest absolute Gasteiger partial charge is 0.313 e. The summed E-state index contributed by atoms with van der Waals surface area (Å²) in [5.74, 6) is 0. The molecule has 1 heterocycles. The minimum atomic E-state index is 0.740. The fraction of sp³-hybridized carbons (Fsp3) is 1.00. The molecule has 2 rings (SSSR count). The Labute approximate surface area is 113 Å². The zero-order chi connectivity index (χ0) is 13.0. The molecule has 18 heavy (non-hydrogen) atoms. The highest BCUT2D eigenvalue weighted by atomic mass is 15.3. The molecule has 3 atom stereocenters. The van der Waals surface area contributed by atoms with Gasteiger partial charge in [-0.05, 0) is 32.9 Å².